The number of hydrogen-bond acceptors (Lipinski definition) is 3. The lowest BCUT2D eigenvalue weighted by molar-refractivity contribution is 0.360. The van der Waals surface area contributed by atoms with Crippen molar-refractivity contribution >= 4 is 22.5 Å². The van der Waals surface area contributed by atoms with Crippen molar-refractivity contribution in [3.05, 3.63) is 69.2 Å². The number of nitrogens with zero attached hydrogens (tertiary/aromatic N) is 2. The van der Waals surface area contributed by atoms with Crippen molar-refractivity contribution in [1.29, 1.82) is 0 Å². The largest absolute Gasteiger partial charge is 0.307 e. The van der Waals surface area contributed by atoms with Gasteiger partial charge in [0.2, 0.25) is 0 Å². The van der Waals surface area contributed by atoms with Gasteiger partial charge in [-0.05, 0) is 37.2 Å². The van der Waals surface area contributed by atoms with Crippen LogP contribution < -0.4 is 10.9 Å². The molecule has 1 saturated heterocycles. The second-order valence-electron chi connectivity index (χ2n) is 5.67. The van der Waals surface area contributed by atoms with Gasteiger partial charge in [-0.3, -0.25) is 9.36 Å². The van der Waals surface area contributed by atoms with E-state index in [0.717, 1.165) is 31.2 Å². The van der Waals surface area contributed by atoms with Gasteiger partial charge in [-0.15, -0.1) is 0 Å². The van der Waals surface area contributed by atoms with E-state index < -0.39 is 17.2 Å². The van der Waals surface area contributed by atoms with Crippen LogP contribution in [0.3, 0.4) is 0 Å². The van der Waals surface area contributed by atoms with Gasteiger partial charge in [0.25, 0.3) is 5.56 Å². The zero-order chi connectivity index (χ0) is 16.8. The zero-order valence-electron chi connectivity index (χ0n) is 12.4. The Bertz CT molecular complexity index is 994. The molecule has 1 aromatic heterocycles. The molecule has 2 aromatic carbocycles. The van der Waals surface area contributed by atoms with Crippen molar-refractivity contribution in [2.75, 3.05) is 6.54 Å². The van der Waals surface area contributed by atoms with E-state index in [1.807, 2.05) is 0 Å². The first-order valence-corrected chi connectivity index (χ1v) is 7.83. The molecule has 0 aliphatic carbocycles. The Morgan fingerprint density at radius 3 is 2.54 bits per heavy atom. The van der Waals surface area contributed by atoms with E-state index in [2.05, 4.69) is 10.3 Å². The highest BCUT2D eigenvalue weighted by Gasteiger charge is 2.26. The molecule has 24 heavy (non-hydrogen) atoms. The number of benzene rings is 2. The second-order valence-corrected chi connectivity index (χ2v) is 6.07. The van der Waals surface area contributed by atoms with Crippen LogP contribution in [0.2, 0.25) is 5.02 Å². The lowest BCUT2D eigenvalue weighted by Gasteiger charge is -2.29. The minimum atomic E-state index is -0.760. The molecule has 1 aliphatic rings. The zero-order valence-corrected chi connectivity index (χ0v) is 13.1. The fourth-order valence-corrected chi connectivity index (χ4v) is 3.12. The Kier molecular flexibility index (Phi) is 3.58. The van der Waals surface area contributed by atoms with Crippen LogP contribution in [0, 0.1) is 11.6 Å². The molecule has 0 spiro atoms. The van der Waals surface area contributed by atoms with Crippen LogP contribution in [0.1, 0.15) is 18.3 Å². The molecule has 0 amide bonds. The van der Waals surface area contributed by atoms with E-state index in [-0.39, 0.29) is 22.1 Å². The van der Waals surface area contributed by atoms with Gasteiger partial charge in [-0.25, -0.2) is 13.8 Å². The molecule has 1 atom stereocenters. The van der Waals surface area contributed by atoms with Gasteiger partial charge < -0.3 is 5.32 Å². The summed E-state index contributed by atoms with van der Waals surface area (Å²) in [7, 11) is 0. The van der Waals surface area contributed by atoms with Crippen LogP contribution in [0.15, 0.2) is 41.2 Å². The highest BCUT2D eigenvalue weighted by atomic mass is 35.5. The maximum Gasteiger partial charge on any atom is 0.267 e. The molecule has 122 valence electrons. The van der Waals surface area contributed by atoms with Gasteiger partial charge >= 0.3 is 0 Å². The van der Waals surface area contributed by atoms with Crippen molar-refractivity contribution in [3.63, 3.8) is 0 Å². The van der Waals surface area contributed by atoms with Gasteiger partial charge in [-0.2, -0.15) is 0 Å². The van der Waals surface area contributed by atoms with Crippen LogP contribution in [0.25, 0.3) is 16.6 Å². The number of aromatic nitrogens is 2. The Balaban J connectivity index is 2.10. The summed E-state index contributed by atoms with van der Waals surface area (Å²) < 4.78 is 28.5. The lowest BCUT2D eigenvalue weighted by atomic mass is 10.1. The molecule has 3 aromatic rings. The molecule has 1 aliphatic heterocycles. The lowest BCUT2D eigenvalue weighted by Crippen LogP contribution is -2.40. The fraction of sp³-hybridized carbons (Fsp3) is 0.176. The summed E-state index contributed by atoms with van der Waals surface area (Å²) in [5.74, 6) is -1.10. The van der Waals surface area contributed by atoms with Crippen LogP contribution >= 0.6 is 11.6 Å². The van der Waals surface area contributed by atoms with Gasteiger partial charge in [0.05, 0.1) is 27.7 Å². The first-order valence-electron chi connectivity index (χ1n) is 7.45. The average molecular weight is 348 g/mol. The van der Waals surface area contributed by atoms with Crippen molar-refractivity contribution in [2.24, 2.45) is 0 Å². The Morgan fingerprint density at radius 2 is 1.92 bits per heavy atom. The minimum absolute atomic E-state index is 0.0931. The predicted octanol–water partition coefficient (Wildman–Crippen LogP) is 3.35. The molecule has 1 fully saturated rings. The van der Waals surface area contributed by atoms with E-state index in [1.165, 1.54) is 4.57 Å². The van der Waals surface area contributed by atoms with Crippen LogP contribution in [-0.4, -0.2) is 16.1 Å². The third-order valence-corrected chi connectivity index (χ3v) is 4.43. The molecule has 1 N–H and O–H groups in total. The topological polar surface area (TPSA) is 46.9 Å². The Labute approximate surface area is 140 Å². The monoisotopic (exact) mass is 347 g/mol. The molecular weight excluding hydrogens is 336 g/mol. The van der Waals surface area contributed by atoms with Crippen molar-refractivity contribution in [2.45, 2.75) is 12.5 Å². The summed E-state index contributed by atoms with van der Waals surface area (Å²) in [4.78, 5) is 17.5. The van der Waals surface area contributed by atoms with E-state index >= 15 is 0 Å². The first-order chi connectivity index (χ1) is 11.5. The average Bonchev–Trinajstić information content (AvgIpc) is 2.44. The van der Waals surface area contributed by atoms with Crippen molar-refractivity contribution in [3.8, 4) is 5.69 Å². The number of hydrogen-bond donors (Lipinski definition) is 1. The quantitative estimate of drug-likeness (QED) is 0.773. The molecular formula is C17H12ClF2N3O. The molecule has 2 heterocycles. The summed E-state index contributed by atoms with van der Waals surface area (Å²) in [6.45, 7) is 0.797. The van der Waals surface area contributed by atoms with Gasteiger partial charge in [0.15, 0.2) is 0 Å². The third kappa shape index (κ3) is 2.39. The summed E-state index contributed by atoms with van der Waals surface area (Å²) in [5.41, 5.74) is 0.110. The number of rotatable bonds is 2. The normalized spacial score (nSPS) is 17.0. The summed E-state index contributed by atoms with van der Waals surface area (Å²) >= 11 is 6.15. The standard InChI is InChI=1S/C17H12ClF2N3O/c18-12-2-1-3-13-15(12)17(24)23(16(22-13)14-4-5-21-14)11-7-9(19)6-10(20)8-11/h1-3,6-8,14,21H,4-5H2/t14-/m0/s1. The molecule has 4 nitrogen and oxygen atoms in total. The van der Waals surface area contributed by atoms with E-state index in [0.29, 0.717) is 11.3 Å². The SMILES string of the molecule is O=c1c2c(Cl)cccc2nc([C@@H]2CCN2)n1-c1cc(F)cc(F)c1. The van der Waals surface area contributed by atoms with E-state index in [4.69, 9.17) is 11.6 Å². The Hall–Kier alpha value is -2.31. The van der Waals surface area contributed by atoms with Gasteiger partial charge in [-0.1, -0.05) is 17.7 Å². The number of fused-ring (bicyclic) bond motifs is 1. The van der Waals surface area contributed by atoms with Gasteiger partial charge in [0, 0.05) is 6.07 Å². The van der Waals surface area contributed by atoms with Crippen LogP contribution in [-0.2, 0) is 0 Å². The smallest absolute Gasteiger partial charge is 0.267 e. The summed E-state index contributed by atoms with van der Waals surface area (Å²) in [5, 5.41) is 3.65. The van der Waals surface area contributed by atoms with Crippen molar-refractivity contribution < 1.29 is 8.78 Å². The fourth-order valence-electron chi connectivity index (χ4n) is 2.87. The molecule has 4 rings (SSSR count). The maximum atomic E-state index is 13.6. The maximum absolute atomic E-state index is 13.6. The van der Waals surface area contributed by atoms with Gasteiger partial charge in [0.1, 0.15) is 17.5 Å². The van der Waals surface area contributed by atoms with Crippen LogP contribution in [0.5, 0.6) is 0 Å². The predicted molar refractivity (Wildman–Crippen MR) is 87.6 cm³/mol. The minimum Gasteiger partial charge on any atom is -0.307 e. The van der Waals surface area contributed by atoms with E-state index in [9.17, 15) is 13.6 Å². The second kappa shape index (κ2) is 5.65. The van der Waals surface area contributed by atoms with Crippen LogP contribution in [0.4, 0.5) is 8.78 Å². The molecule has 0 unspecified atom stereocenters. The molecule has 0 bridgehead atoms. The molecule has 0 saturated carbocycles. The highest BCUT2D eigenvalue weighted by molar-refractivity contribution is 6.35. The van der Waals surface area contributed by atoms with Crippen molar-refractivity contribution in [1.82, 2.24) is 14.9 Å². The third-order valence-electron chi connectivity index (χ3n) is 4.11. The summed E-state index contributed by atoms with van der Waals surface area (Å²) in [6.07, 6.45) is 0.788. The molecule has 7 heteroatoms. The summed E-state index contributed by atoms with van der Waals surface area (Å²) in [6, 6.07) is 7.82. The first kappa shape index (κ1) is 15.2. The Morgan fingerprint density at radius 1 is 1.21 bits per heavy atom. The number of nitrogens with one attached hydrogen (secondary N) is 1. The van der Waals surface area contributed by atoms with E-state index in [1.54, 1.807) is 18.2 Å². The molecule has 0 radical (unpaired) electrons. The highest BCUT2D eigenvalue weighted by Crippen LogP contribution is 2.27. The number of halogens is 3.